The summed E-state index contributed by atoms with van der Waals surface area (Å²) in [5, 5.41) is 16.8. The molecule has 0 unspecified atom stereocenters. The van der Waals surface area contributed by atoms with Gasteiger partial charge in [-0.15, -0.1) is 0 Å². The van der Waals surface area contributed by atoms with Crippen LogP contribution in [0.1, 0.15) is 11.1 Å². The van der Waals surface area contributed by atoms with Gasteiger partial charge < -0.3 is 15.2 Å². The number of nitrogens with one attached hydrogen (secondary N) is 2. The number of rotatable bonds is 6. The third-order valence-electron chi connectivity index (χ3n) is 3.29. The highest BCUT2D eigenvalue weighted by Crippen LogP contribution is 2.41. The Morgan fingerprint density at radius 3 is 2.60 bits per heavy atom. The molecule has 3 N–H and O–H groups in total. The molecule has 6 nitrogen and oxygen atoms in total. The second-order valence-corrected chi connectivity index (χ2v) is 6.74. The highest BCUT2D eigenvalue weighted by molar-refractivity contribution is 9.13. The maximum Gasteiger partial charge on any atom is 0.259 e. The molecular weight excluding hydrogens is 454 g/mol. The number of phenols is 1. The highest BCUT2D eigenvalue weighted by atomic mass is 79.9. The van der Waals surface area contributed by atoms with E-state index in [0.29, 0.717) is 20.3 Å². The van der Waals surface area contributed by atoms with Gasteiger partial charge in [-0.3, -0.25) is 4.79 Å². The van der Waals surface area contributed by atoms with Gasteiger partial charge in [0.2, 0.25) is 0 Å². The minimum atomic E-state index is -0.280. The second-order valence-electron chi connectivity index (χ2n) is 5.16. The van der Waals surface area contributed by atoms with Crippen LogP contribution >= 0.6 is 31.9 Å². The number of ether oxygens (including phenoxy) is 1. The van der Waals surface area contributed by atoms with Gasteiger partial charge in [-0.2, -0.15) is 5.10 Å². The van der Waals surface area contributed by atoms with E-state index in [-0.39, 0.29) is 18.2 Å². The summed E-state index contributed by atoms with van der Waals surface area (Å²) < 4.78 is 6.13. The molecule has 8 heteroatoms. The summed E-state index contributed by atoms with van der Waals surface area (Å²) in [4.78, 5) is 11.8. The summed E-state index contributed by atoms with van der Waals surface area (Å²) >= 11 is 6.61. The topological polar surface area (TPSA) is 83.0 Å². The van der Waals surface area contributed by atoms with E-state index < -0.39 is 0 Å². The fourth-order valence-electron chi connectivity index (χ4n) is 1.93. The van der Waals surface area contributed by atoms with Gasteiger partial charge in [-0.05, 0) is 57.0 Å². The summed E-state index contributed by atoms with van der Waals surface area (Å²) in [6, 6.07) is 9.34. The molecular formula is C17H17Br2N3O3. The van der Waals surface area contributed by atoms with Crippen molar-refractivity contribution in [2.75, 3.05) is 19.0 Å². The lowest BCUT2D eigenvalue weighted by atomic mass is 10.2. The fourth-order valence-corrected chi connectivity index (χ4v) is 2.76. The van der Waals surface area contributed by atoms with Crippen molar-refractivity contribution >= 4 is 49.7 Å². The third-order valence-corrected chi connectivity index (χ3v) is 5.45. The largest absolute Gasteiger partial charge is 0.503 e. The van der Waals surface area contributed by atoms with Crippen molar-refractivity contribution in [1.82, 2.24) is 5.43 Å². The second kappa shape index (κ2) is 8.87. The molecule has 2 rings (SSSR count). The lowest BCUT2D eigenvalue weighted by Crippen LogP contribution is -2.25. The SMILES string of the molecule is COc1cc(/C=N\NC(=O)CNc2ccc(C)cc2)c(Br)c(Br)c1O. The zero-order valence-electron chi connectivity index (χ0n) is 13.6. The Morgan fingerprint density at radius 2 is 1.96 bits per heavy atom. The smallest absolute Gasteiger partial charge is 0.259 e. The van der Waals surface area contributed by atoms with E-state index in [0.717, 1.165) is 11.3 Å². The molecule has 2 aromatic carbocycles. The van der Waals surface area contributed by atoms with Crippen LogP contribution in [-0.2, 0) is 4.79 Å². The van der Waals surface area contributed by atoms with Gasteiger partial charge in [-0.1, -0.05) is 17.7 Å². The van der Waals surface area contributed by atoms with Gasteiger partial charge >= 0.3 is 0 Å². The van der Waals surface area contributed by atoms with Crippen molar-refractivity contribution in [2.24, 2.45) is 5.10 Å². The minimum absolute atomic E-state index is 0.0159. The number of aryl methyl sites for hydroxylation is 1. The lowest BCUT2D eigenvalue weighted by Gasteiger charge is -2.09. The maximum atomic E-state index is 11.8. The van der Waals surface area contributed by atoms with Crippen LogP contribution in [0.15, 0.2) is 44.4 Å². The van der Waals surface area contributed by atoms with Crippen molar-refractivity contribution in [2.45, 2.75) is 6.92 Å². The first kappa shape index (κ1) is 19.3. The molecule has 25 heavy (non-hydrogen) atoms. The van der Waals surface area contributed by atoms with E-state index in [1.165, 1.54) is 13.3 Å². The third kappa shape index (κ3) is 5.20. The molecule has 0 radical (unpaired) electrons. The van der Waals surface area contributed by atoms with Crippen molar-refractivity contribution in [3.8, 4) is 11.5 Å². The predicted molar refractivity (Wildman–Crippen MR) is 105 cm³/mol. The molecule has 0 fully saturated rings. The number of amides is 1. The van der Waals surface area contributed by atoms with Crippen LogP contribution in [0.4, 0.5) is 5.69 Å². The number of anilines is 1. The van der Waals surface area contributed by atoms with Crippen LogP contribution in [0.25, 0.3) is 0 Å². The first-order chi connectivity index (χ1) is 11.9. The molecule has 0 aliphatic rings. The summed E-state index contributed by atoms with van der Waals surface area (Å²) in [7, 11) is 1.45. The minimum Gasteiger partial charge on any atom is -0.503 e. The number of carbonyl (C=O) groups excluding carboxylic acids is 1. The molecule has 0 atom stereocenters. The number of aromatic hydroxyl groups is 1. The zero-order valence-corrected chi connectivity index (χ0v) is 16.8. The van der Waals surface area contributed by atoms with E-state index in [4.69, 9.17) is 4.74 Å². The molecule has 0 bridgehead atoms. The molecule has 0 heterocycles. The van der Waals surface area contributed by atoms with Gasteiger partial charge in [0, 0.05) is 15.7 Å². The first-order valence-electron chi connectivity index (χ1n) is 7.29. The molecule has 0 aromatic heterocycles. The molecule has 2 aromatic rings. The Hall–Kier alpha value is -2.06. The summed E-state index contributed by atoms with van der Waals surface area (Å²) in [6.45, 7) is 2.10. The molecule has 0 aliphatic heterocycles. The fraction of sp³-hybridized carbons (Fsp3) is 0.176. The van der Waals surface area contributed by atoms with Gasteiger partial charge in [0.05, 0.1) is 24.3 Å². The number of methoxy groups -OCH3 is 1. The van der Waals surface area contributed by atoms with E-state index in [1.54, 1.807) is 6.07 Å². The van der Waals surface area contributed by atoms with E-state index in [1.807, 2.05) is 31.2 Å². The van der Waals surface area contributed by atoms with Crippen LogP contribution in [0.5, 0.6) is 11.5 Å². The number of nitrogens with zero attached hydrogens (tertiary/aromatic N) is 1. The van der Waals surface area contributed by atoms with Crippen molar-refractivity contribution < 1.29 is 14.6 Å². The van der Waals surface area contributed by atoms with E-state index >= 15 is 0 Å². The van der Waals surface area contributed by atoms with Crippen LogP contribution in [0.3, 0.4) is 0 Å². The quantitative estimate of drug-likeness (QED) is 0.443. The average molecular weight is 471 g/mol. The van der Waals surface area contributed by atoms with Gasteiger partial charge in [0.15, 0.2) is 11.5 Å². The average Bonchev–Trinajstić information content (AvgIpc) is 2.61. The number of halogens is 2. The summed E-state index contributed by atoms with van der Waals surface area (Å²) in [5.41, 5.74) is 5.09. The Morgan fingerprint density at radius 1 is 1.28 bits per heavy atom. The van der Waals surface area contributed by atoms with Gasteiger partial charge in [-0.25, -0.2) is 5.43 Å². The van der Waals surface area contributed by atoms with Crippen molar-refractivity contribution in [3.05, 3.63) is 50.4 Å². The number of benzene rings is 2. The number of phenolic OH excluding ortho intramolecular Hbond substituents is 1. The molecule has 0 saturated heterocycles. The van der Waals surface area contributed by atoms with Crippen LogP contribution in [-0.4, -0.2) is 30.9 Å². The van der Waals surface area contributed by atoms with Crippen LogP contribution in [0, 0.1) is 6.92 Å². The molecule has 0 aliphatic carbocycles. The van der Waals surface area contributed by atoms with E-state index in [9.17, 15) is 9.90 Å². The van der Waals surface area contributed by atoms with Crippen LogP contribution in [0.2, 0.25) is 0 Å². The lowest BCUT2D eigenvalue weighted by molar-refractivity contribution is -0.119. The number of carbonyl (C=O) groups is 1. The van der Waals surface area contributed by atoms with E-state index in [2.05, 4.69) is 47.7 Å². The Labute approximate surface area is 162 Å². The predicted octanol–water partition coefficient (Wildman–Crippen LogP) is 3.80. The monoisotopic (exact) mass is 469 g/mol. The van der Waals surface area contributed by atoms with Crippen LogP contribution < -0.4 is 15.5 Å². The molecule has 132 valence electrons. The normalized spacial score (nSPS) is 10.7. The standard InChI is InChI=1S/C17H17Br2N3O3/c1-10-3-5-12(6-4-10)20-9-14(23)22-21-8-11-7-13(25-2)17(24)16(19)15(11)18/h3-8,20,24H,9H2,1-2H3,(H,22,23)/b21-8-. The van der Waals surface area contributed by atoms with Crippen molar-refractivity contribution in [1.29, 1.82) is 0 Å². The molecule has 0 saturated carbocycles. The Bertz CT molecular complexity index is 793. The van der Waals surface area contributed by atoms with Gasteiger partial charge in [0.25, 0.3) is 5.91 Å². The number of hydrogen-bond donors (Lipinski definition) is 3. The van der Waals surface area contributed by atoms with Crippen molar-refractivity contribution in [3.63, 3.8) is 0 Å². The number of hydrazone groups is 1. The Kier molecular flexibility index (Phi) is 6.83. The maximum absolute atomic E-state index is 11.8. The summed E-state index contributed by atoms with van der Waals surface area (Å²) in [5.74, 6) is -0.000459. The highest BCUT2D eigenvalue weighted by Gasteiger charge is 2.13. The molecule has 1 amide bonds. The number of hydrogen-bond acceptors (Lipinski definition) is 5. The molecule has 0 spiro atoms. The van der Waals surface area contributed by atoms with Gasteiger partial charge in [0.1, 0.15) is 0 Å². The zero-order chi connectivity index (χ0) is 18.4. The summed E-state index contributed by atoms with van der Waals surface area (Å²) in [6.07, 6.45) is 1.46. The first-order valence-corrected chi connectivity index (χ1v) is 8.88. The Balaban J connectivity index is 1.95.